The fourth-order valence-corrected chi connectivity index (χ4v) is 2.70. The second-order valence-electron chi connectivity index (χ2n) is 5.54. The molecule has 0 aliphatic carbocycles. The molecule has 0 unspecified atom stereocenters. The van der Waals surface area contributed by atoms with Crippen LogP contribution in [-0.4, -0.2) is 30.0 Å². The van der Waals surface area contributed by atoms with E-state index < -0.39 is 0 Å². The highest BCUT2D eigenvalue weighted by Crippen LogP contribution is 2.35. The number of benzene rings is 1. The minimum Gasteiger partial charge on any atom is -0.491 e. The Morgan fingerprint density at radius 3 is 2.83 bits per heavy atom. The maximum absolute atomic E-state index is 12.6. The summed E-state index contributed by atoms with van der Waals surface area (Å²) in [5.74, 6) is 0.994. The molecule has 6 nitrogen and oxygen atoms in total. The summed E-state index contributed by atoms with van der Waals surface area (Å²) in [4.78, 5) is 12.6. The third kappa shape index (κ3) is 2.55. The molecule has 0 spiro atoms. The van der Waals surface area contributed by atoms with Gasteiger partial charge in [-0.05, 0) is 36.8 Å². The molecule has 1 N–H and O–H groups in total. The van der Waals surface area contributed by atoms with E-state index in [4.69, 9.17) is 19.0 Å². The molecule has 0 saturated carbocycles. The van der Waals surface area contributed by atoms with Crippen molar-refractivity contribution >= 4 is 22.0 Å². The van der Waals surface area contributed by atoms with E-state index in [-0.39, 0.29) is 12.0 Å². The van der Waals surface area contributed by atoms with Crippen LogP contribution in [0, 0.1) is 0 Å². The summed E-state index contributed by atoms with van der Waals surface area (Å²) in [7, 11) is 3.35. The summed E-state index contributed by atoms with van der Waals surface area (Å²) in [6.45, 7) is 2.10. The van der Waals surface area contributed by atoms with Crippen LogP contribution in [0.5, 0.6) is 11.5 Å². The zero-order chi connectivity index (χ0) is 17.3. The van der Waals surface area contributed by atoms with Crippen molar-refractivity contribution in [2.45, 2.75) is 6.92 Å². The molecule has 0 fully saturated rings. The summed E-state index contributed by atoms with van der Waals surface area (Å²) in [6, 6.07) is 5.11. The Kier molecular flexibility index (Phi) is 4.31. The maximum Gasteiger partial charge on any atom is 0.210 e. The van der Waals surface area contributed by atoms with Crippen LogP contribution in [-0.2, 0) is 7.05 Å². The molecule has 0 saturated heterocycles. The van der Waals surface area contributed by atoms with Gasteiger partial charge in [0.25, 0.3) is 0 Å². The Balaban J connectivity index is 2.18. The van der Waals surface area contributed by atoms with Gasteiger partial charge in [-0.25, -0.2) is 0 Å². The van der Waals surface area contributed by atoms with Crippen molar-refractivity contribution in [3.63, 3.8) is 0 Å². The molecule has 0 amide bonds. The third-order valence-corrected chi connectivity index (χ3v) is 3.99. The van der Waals surface area contributed by atoms with E-state index >= 15 is 0 Å². The summed E-state index contributed by atoms with van der Waals surface area (Å²) >= 11 is 0. The lowest BCUT2D eigenvalue weighted by atomic mass is 10.1. The molecule has 126 valence electrons. The van der Waals surface area contributed by atoms with Gasteiger partial charge in [-0.15, -0.1) is 0 Å². The van der Waals surface area contributed by atoms with Crippen LogP contribution in [0.2, 0.25) is 0 Å². The molecular formula is C18H19NO5. The van der Waals surface area contributed by atoms with E-state index in [1.54, 1.807) is 28.8 Å². The van der Waals surface area contributed by atoms with Gasteiger partial charge in [0.2, 0.25) is 11.1 Å². The molecule has 0 bridgehead atoms. The molecule has 1 aromatic carbocycles. The van der Waals surface area contributed by atoms with Gasteiger partial charge in [0.1, 0.15) is 12.1 Å². The SMILES string of the molecule is COc1c(OC/C=C(/C)CO)ccc2c(=O)c3ccoc3n(C)c12. The lowest BCUT2D eigenvalue weighted by molar-refractivity contribution is 0.316. The molecule has 3 rings (SSSR count). The first kappa shape index (κ1) is 16.1. The Labute approximate surface area is 138 Å². The number of aromatic nitrogens is 1. The Morgan fingerprint density at radius 2 is 2.12 bits per heavy atom. The fraction of sp³-hybridized carbons (Fsp3) is 0.278. The van der Waals surface area contributed by atoms with Gasteiger partial charge < -0.3 is 23.6 Å². The van der Waals surface area contributed by atoms with Crippen LogP contribution in [0.25, 0.3) is 22.0 Å². The molecule has 24 heavy (non-hydrogen) atoms. The largest absolute Gasteiger partial charge is 0.491 e. The van der Waals surface area contributed by atoms with Crippen molar-refractivity contribution < 1.29 is 19.0 Å². The van der Waals surface area contributed by atoms with E-state index in [2.05, 4.69) is 0 Å². The molecule has 0 atom stereocenters. The summed E-state index contributed by atoms with van der Waals surface area (Å²) in [5, 5.41) is 10.1. The van der Waals surface area contributed by atoms with Gasteiger partial charge in [-0.3, -0.25) is 4.79 Å². The van der Waals surface area contributed by atoms with Gasteiger partial charge in [-0.1, -0.05) is 0 Å². The smallest absolute Gasteiger partial charge is 0.210 e. The predicted octanol–water partition coefficient (Wildman–Crippen LogP) is 2.61. The van der Waals surface area contributed by atoms with Crippen molar-refractivity contribution in [3.05, 3.63) is 46.3 Å². The number of aliphatic hydroxyl groups excluding tert-OH is 1. The number of hydrogen-bond donors (Lipinski definition) is 1. The highest BCUT2D eigenvalue weighted by Gasteiger charge is 2.18. The Hall–Kier alpha value is -2.73. The van der Waals surface area contributed by atoms with Crippen molar-refractivity contribution in [3.8, 4) is 11.5 Å². The lowest BCUT2D eigenvalue weighted by Gasteiger charge is -2.15. The zero-order valence-corrected chi connectivity index (χ0v) is 13.8. The number of aliphatic hydroxyl groups is 1. The van der Waals surface area contributed by atoms with Gasteiger partial charge in [0.05, 0.1) is 30.8 Å². The summed E-state index contributed by atoms with van der Waals surface area (Å²) in [6.07, 6.45) is 3.29. The van der Waals surface area contributed by atoms with Gasteiger partial charge in [0, 0.05) is 7.05 Å². The second-order valence-corrected chi connectivity index (χ2v) is 5.54. The number of hydrogen-bond acceptors (Lipinski definition) is 5. The van der Waals surface area contributed by atoms with E-state index in [9.17, 15) is 4.79 Å². The standard InChI is InChI=1S/C18H19NO5/c1-11(10-20)6-8-23-14-5-4-12-15(17(14)22-3)19(2)18-13(16(12)21)7-9-24-18/h4-7,9,20H,8,10H2,1-3H3/b11-6-. The number of aryl methyl sites for hydroxylation is 1. The normalized spacial score (nSPS) is 12.1. The first-order valence-electron chi connectivity index (χ1n) is 7.54. The van der Waals surface area contributed by atoms with E-state index in [0.717, 1.165) is 5.57 Å². The first-order valence-corrected chi connectivity index (χ1v) is 7.54. The summed E-state index contributed by atoms with van der Waals surface area (Å²) < 4.78 is 18.5. The number of nitrogens with zero attached hydrogens (tertiary/aromatic N) is 1. The van der Waals surface area contributed by atoms with Gasteiger partial charge in [0.15, 0.2) is 11.5 Å². The van der Waals surface area contributed by atoms with Crippen LogP contribution in [0.3, 0.4) is 0 Å². The molecule has 0 radical (unpaired) electrons. The number of furan rings is 1. The highest BCUT2D eigenvalue weighted by molar-refractivity contribution is 5.95. The monoisotopic (exact) mass is 329 g/mol. The first-order chi connectivity index (χ1) is 11.6. The second kappa shape index (κ2) is 6.41. The molecule has 6 heteroatoms. The number of ether oxygens (including phenoxy) is 2. The number of rotatable bonds is 5. The minimum absolute atomic E-state index is 0.0107. The van der Waals surface area contributed by atoms with Crippen molar-refractivity contribution in [2.75, 3.05) is 20.3 Å². The topological polar surface area (TPSA) is 73.8 Å². The average molecular weight is 329 g/mol. The average Bonchev–Trinajstić information content (AvgIpc) is 3.09. The quantitative estimate of drug-likeness (QED) is 0.728. The molecule has 2 heterocycles. The van der Waals surface area contributed by atoms with Crippen LogP contribution in [0.1, 0.15) is 6.92 Å². The lowest BCUT2D eigenvalue weighted by Crippen LogP contribution is -2.09. The Morgan fingerprint density at radius 1 is 1.33 bits per heavy atom. The van der Waals surface area contributed by atoms with Crippen LogP contribution < -0.4 is 14.9 Å². The fourth-order valence-electron chi connectivity index (χ4n) is 2.70. The Bertz CT molecular complexity index is 980. The number of pyridine rings is 1. The molecule has 2 aromatic heterocycles. The molecule has 0 aliphatic heterocycles. The van der Waals surface area contributed by atoms with Crippen LogP contribution in [0.15, 0.2) is 45.3 Å². The van der Waals surface area contributed by atoms with E-state index in [0.29, 0.717) is 40.1 Å². The predicted molar refractivity (Wildman–Crippen MR) is 91.9 cm³/mol. The van der Waals surface area contributed by atoms with Crippen molar-refractivity contribution in [1.82, 2.24) is 4.57 Å². The summed E-state index contributed by atoms with van der Waals surface area (Å²) in [5.41, 5.74) is 1.82. The van der Waals surface area contributed by atoms with Crippen LogP contribution >= 0.6 is 0 Å². The van der Waals surface area contributed by atoms with E-state index in [1.807, 2.05) is 14.0 Å². The third-order valence-electron chi connectivity index (χ3n) is 3.99. The van der Waals surface area contributed by atoms with Gasteiger partial charge >= 0.3 is 0 Å². The number of methoxy groups -OCH3 is 1. The van der Waals surface area contributed by atoms with Gasteiger partial charge in [-0.2, -0.15) is 0 Å². The molecular weight excluding hydrogens is 310 g/mol. The number of fused-ring (bicyclic) bond motifs is 2. The van der Waals surface area contributed by atoms with E-state index in [1.165, 1.54) is 13.4 Å². The minimum atomic E-state index is -0.104. The highest BCUT2D eigenvalue weighted by atomic mass is 16.5. The molecule has 3 aromatic rings. The molecule has 0 aliphatic rings. The zero-order valence-electron chi connectivity index (χ0n) is 13.8. The maximum atomic E-state index is 12.6. The van der Waals surface area contributed by atoms with Crippen LogP contribution in [0.4, 0.5) is 0 Å². The van der Waals surface area contributed by atoms with Crippen molar-refractivity contribution in [2.24, 2.45) is 7.05 Å². The van der Waals surface area contributed by atoms with Crippen molar-refractivity contribution in [1.29, 1.82) is 0 Å².